The monoisotopic (exact) mass is 371 g/mol. The summed E-state index contributed by atoms with van der Waals surface area (Å²) in [7, 11) is 0. The highest BCUT2D eigenvalue weighted by molar-refractivity contribution is 5.85. The number of carbonyl (C=O) groups excluding carboxylic acids is 1. The fourth-order valence-corrected chi connectivity index (χ4v) is 4.32. The molecule has 4 nitrogen and oxygen atoms in total. The van der Waals surface area contributed by atoms with Gasteiger partial charge in [0.15, 0.2) is 0 Å². The van der Waals surface area contributed by atoms with Gasteiger partial charge in [-0.1, -0.05) is 24.3 Å². The van der Waals surface area contributed by atoms with Crippen LogP contribution in [-0.2, 0) is 17.8 Å². The molecule has 1 aromatic carbocycles. The molecule has 0 aromatic heterocycles. The highest BCUT2D eigenvalue weighted by Crippen LogP contribution is 2.26. The Hall–Kier alpha value is -0.810. The molecule has 3 aliphatic heterocycles. The maximum atomic E-state index is 13.0. The van der Waals surface area contributed by atoms with Crippen LogP contribution in [0.15, 0.2) is 24.3 Å². The SMILES string of the molecule is CC1CN2CCCC2CN1C(=O)C1Cc2ccccc2CN1.Cl.Cl. The van der Waals surface area contributed by atoms with Crippen molar-refractivity contribution in [3.63, 3.8) is 0 Å². The van der Waals surface area contributed by atoms with E-state index in [4.69, 9.17) is 0 Å². The number of benzene rings is 1. The van der Waals surface area contributed by atoms with E-state index in [0.717, 1.165) is 26.1 Å². The molecule has 1 aromatic rings. The lowest BCUT2D eigenvalue weighted by atomic mass is 9.94. The molecule has 3 unspecified atom stereocenters. The van der Waals surface area contributed by atoms with Gasteiger partial charge in [-0.15, -0.1) is 24.8 Å². The predicted molar refractivity (Wildman–Crippen MR) is 101 cm³/mol. The van der Waals surface area contributed by atoms with Gasteiger partial charge in [0.1, 0.15) is 0 Å². The number of amides is 1. The molecule has 3 atom stereocenters. The van der Waals surface area contributed by atoms with Crippen molar-refractivity contribution in [2.75, 3.05) is 19.6 Å². The minimum absolute atomic E-state index is 0. The second-order valence-corrected chi connectivity index (χ2v) is 7.04. The zero-order valence-electron chi connectivity index (χ0n) is 14.1. The first-order valence-electron chi connectivity index (χ1n) is 8.57. The Balaban J connectivity index is 0.00000104. The van der Waals surface area contributed by atoms with Gasteiger partial charge < -0.3 is 10.2 Å². The van der Waals surface area contributed by atoms with Crippen LogP contribution in [0.1, 0.15) is 30.9 Å². The molecule has 2 saturated heterocycles. The molecule has 0 saturated carbocycles. The van der Waals surface area contributed by atoms with E-state index < -0.39 is 0 Å². The van der Waals surface area contributed by atoms with E-state index >= 15 is 0 Å². The van der Waals surface area contributed by atoms with E-state index in [1.807, 2.05) is 0 Å². The summed E-state index contributed by atoms with van der Waals surface area (Å²) in [6.45, 7) is 6.18. The maximum Gasteiger partial charge on any atom is 0.240 e. The molecule has 0 spiro atoms. The van der Waals surface area contributed by atoms with Crippen molar-refractivity contribution < 1.29 is 4.79 Å². The Kier molecular flexibility index (Phi) is 6.54. The lowest BCUT2D eigenvalue weighted by Gasteiger charge is -2.44. The third-order valence-electron chi connectivity index (χ3n) is 5.60. The summed E-state index contributed by atoms with van der Waals surface area (Å²) in [6, 6.07) is 9.34. The van der Waals surface area contributed by atoms with E-state index in [1.54, 1.807) is 0 Å². The summed E-state index contributed by atoms with van der Waals surface area (Å²) >= 11 is 0. The van der Waals surface area contributed by atoms with E-state index in [2.05, 4.69) is 46.3 Å². The quantitative estimate of drug-likeness (QED) is 0.821. The summed E-state index contributed by atoms with van der Waals surface area (Å²) < 4.78 is 0. The summed E-state index contributed by atoms with van der Waals surface area (Å²) in [5, 5.41) is 3.45. The predicted octanol–water partition coefficient (Wildman–Crippen LogP) is 2.24. The summed E-state index contributed by atoms with van der Waals surface area (Å²) in [5.74, 6) is 0.300. The van der Waals surface area contributed by atoms with Gasteiger partial charge in [-0.05, 0) is 43.9 Å². The smallest absolute Gasteiger partial charge is 0.240 e. The van der Waals surface area contributed by atoms with E-state index in [9.17, 15) is 4.79 Å². The summed E-state index contributed by atoms with van der Waals surface area (Å²) in [5.41, 5.74) is 2.66. The van der Waals surface area contributed by atoms with Crippen LogP contribution < -0.4 is 5.32 Å². The second-order valence-electron chi connectivity index (χ2n) is 7.04. The minimum Gasteiger partial charge on any atom is -0.336 e. The van der Waals surface area contributed by atoms with Crippen molar-refractivity contribution in [2.45, 2.75) is 50.9 Å². The third-order valence-corrected chi connectivity index (χ3v) is 5.60. The normalized spacial score (nSPS) is 29.0. The molecular weight excluding hydrogens is 345 g/mol. The number of fused-ring (bicyclic) bond motifs is 2. The molecule has 1 N–H and O–H groups in total. The molecule has 3 heterocycles. The van der Waals surface area contributed by atoms with E-state index in [0.29, 0.717) is 18.0 Å². The Bertz CT molecular complexity index is 583. The number of rotatable bonds is 1. The summed E-state index contributed by atoms with van der Waals surface area (Å²) in [6.07, 6.45) is 3.36. The van der Waals surface area contributed by atoms with Gasteiger partial charge in [-0.25, -0.2) is 0 Å². The van der Waals surface area contributed by atoms with Gasteiger partial charge in [0.25, 0.3) is 0 Å². The number of piperazine rings is 1. The molecule has 4 rings (SSSR count). The summed E-state index contributed by atoms with van der Waals surface area (Å²) in [4.78, 5) is 17.7. The van der Waals surface area contributed by atoms with Gasteiger partial charge in [0.2, 0.25) is 5.91 Å². The van der Waals surface area contributed by atoms with Crippen molar-refractivity contribution in [3.8, 4) is 0 Å². The van der Waals surface area contributed by atoms with Crippen LogP contribution in [0.3, 0.4) is 0 Å². The molecule has 24 heavy (non-hydrogen) atoms. The molecular formula is C18H27Cl2N3O. The second kappa shape index (κ2) is 8.05. The average Bonchev–Trinajstić information content (AvgIpc) is 3.00. The van der Waals surface area contributed by atoms with Crippen LogP contribution in [0, 0.1) is 0 Å². The number of halogens is 2. The first kappa shape index (κ1) is 19.5. The fraction of sp³-hybridized carbons (Fsp3) is 0.611. The highest BCUT2D eigenvalue weighted by Gasteiger charge is 2.38. The van der Waals surface area contributed by atoms with Crippen LogP contribution in [0.4, 0.5) is 0 Å². The van der Waals surface area contributed by atoms with Gasteiger partial charge in [0, 0.05) is 31.7 Å². The van der Waals surface area contributed by atoms with Gasteiger partial charge in [-0.3, -0.25) is 9.69 Å². The molecule has 0 radical (unpaired) electrons. The highest BCUT2D eigenvalue weighted by atomic mass is 35.5. The maximum absolute atomic E-state index is 13.0. The van der Waals surface area contributed by atoms with Crippen LogP contribution in [-0.4, -0.2) is 53.5 Å². The van der Waals surface area contributed by atoms with Crippen LogP contribution in [0.25, 0.3) is 0 Å². The molecule has 0 bridgehead atoms. The molecule has 6 heteroatoms. The van der Waals surface area contributed by atoms with Crippen molar-refractivity contribution >= 4 is 30.7 Å². The third kappa shape index (κ3) is 3.57. The Labute approximate surface area is 156 Å². The van der Waals surface area contributed by atoms with E-state index in [1.165, 1.54) is 30.5 Å². The van der Waals surface area contributed by atoms with Crippen molar-refractivity contribution in [1.82, 2.24) is 15.1 Å². The van der Waals surface area contributed by atoms with Crippen LogP contribution in [0.5, 0.6) is 0 Å². The zero-order valence-corrected chi connectivity index (χ0v) is 15.7. The Morgan fingerprint density at radius 2 is 1.92 bits per heavy atom. The lowest BCUT2D eigenvalue weighted by Crippen LogP contribution is -2.61. The Morgan fingerprint density at radius 3 is 2.71 bits per heavy atom. The topological polar surface area (TPSA) is 35.6 Å². The van der Waals surface area contributed by atoms with Crippen LogP contribution in [0.2, 0.25) is 0 Å². The average molecular weight is 372 g/mol. The van der Waals surface area contributed by atoms with Crippen molar-refractivity contribution in [1.29, 1.82) is 0 Å². The van der Waals surface area contributed by atoms with Gasteiger partial charge >= 0.3 is 0 Å². The van der Waals surface area contributed by atoms with Crippen molar-refractivity contribution in [3.05, 3.63) is 35.4 Å². The van der Waals surface area contributed by atoms with Gasteiger partial charge in [0.05, 0.1) is 6.04 Å². The van der Waals surface area contributed by atoms with E-state index in [-0.39, 0.29) is 30.9 Å². The first-order chi connectivity index (χ1) is 10.7. The molecule has 2 fully saturated rings. The van der Waals surface area contributed by atoms with Crippen LogP contribution >= 0.6 is 24.8 Å². The minimum atomic E-state index is -0.0506. The standard InChI is InChI=1S/C18H25N3O.2ClH/c1-13-11-20-8-4-7-16(20)12-21(13)18(22)17-9-14-5-2-3-6-15(14)10-19-17;;/h2-3,5-6,13,16-17,19H,4,7-12H2,1H3;2*1H. The number of hydrogen-bond donors (Lipinski definition) is 1. The Morgan fingerprint density at radius 1 is 1.17 bits per heavy atom. The lowest BCUT2D eigenvalue weighted by molar-refractivity contribution is -0.139. The first-order valence-corrected chi connectivity index (χ1v) is 8.57. The molecule has 3 aliphatic rings. The molecule has 134 valence electrons. The zero-order chi connectivity index (χ0) is 15.1. The van der Waals surface area contributed by atoms with Crippen molar-refractivity contribution in [2.24, 2.45) is 0 Å². The largest absolute Gasteiger partial charge is 0.336 e. The number of hydrogen-bond acceptors (Lipinski definition) is 3. The van der Waals surface area contributed by atoms with Gasteiger partial charge in [-0.2, -0.15) is 0 Å². The number of nitrogens with one attached hydrogen (secondary N) is 1. The number of nitrogens with zero attached hydrogens (tertiary/aromatic N) is 2. The fourth-order valence-electron chi connectivity index (χ4n) is 4.32. The molecule has 0 aliphatic carbocycles. The number of carbonyl (C=O) groups is 1. The molecule has 1 amide bonds.